The molecule has 0 aromatic heterocycles. The summed E-state index contributed by atoms with van der Waals surface area (Å²) < 4.78 is 68.0. The molecule has 27 heavy (non-hydrogen) atoms. The fourth-order valence-electron chi connectivity index (χ4n) is 6.95. The van der Waals surface area contributed by atoms with Crippen LogP contribution in [0.2, 0.25) is 0 Å². The second-order valence-electron chi connectivity index (χ2n) is 9.23. The van der Waals surface area contributed by atoms with Crippen molar-refractivity contribution >= 4 is 5.78 Å². The van der Waals surface area contributed by atoms with Crippen LogP contribution in [-0.4, -0.2) is 28.6 Å². The zero-order chi connectivity index (χ0) is 19.8. The van der Waals surface area contributed by atoms with Gasteiger partial charge in [-0.05, 0) is 74.7 Å². The Labute approximate surface area is 155 Å². The van der Waals surface area contributed by atoms with Crippen LogP contribution >= 0.6 is 0 Å². The highest BCUT2D eigenvalue weighted by Crippen LogP contribution is 2.69. The second-order valence-corrected chi connectivity index (χ2v) is 9.23. The van der Waals surface area contributed by atoms with Crippen molar-refractivity contribution in [1.82, 2.24) is 0 Å². The van der Waals surface area contributed by atoms with Crippen molar-refractivity contribution in [1.29, 1.82) is 0 Å². The van der Waals surface area contributed by atoms with Crippen LogP contribution < -0.4 is 0 Å². The molecular weight excluding hydrogens is 367 g/mol. The summed E-state index contributed by atoms with van der Waals surface area (Å²) in [5, 5.41) is 10.7. The Morgan fingerprint density at radius 3 is 2.37 bits per heavy atom. The van der Waals surface area contributed by atoms with E-state index in [0.29, 0.717) is 25.7 Å². The molecule has 0 bridgehead atoms. The Hall–Kier alpha value is -0.980. The number of fused-ring (bicyclic) bond motifs is 5. The number of rotatable bonds is 1. The Balaban J connectivity index is 1.66. The molecule has 3 saturated carbocycles. The van der Waals surface area contributed by atoms with E-state index in [1.54, 1.807) is 6.08 Å². The summed E-state index contributed by atoms with van der Waals surface area (Å²) in [5.74, 6) is -4.83. The number of allylic oxidation sites excluding steroid dienone is 1. The lowest BCUT2D eigenvalue weighted by Crippen LogP contribution is -2.65. The van der Waals surface area contributed by atoms with Gasteiger partial charge in [0.1, 0.15) is 5.60 Å². The molecule has 7 heteroatoms. The standard InChI is InChI=1S/C20H25F5O2/c1-17-8-6-14-13-5-3-12(26)10-11(13)2-4-15(14)16(17)7-9-18(17,27)19(21,22)20(23,24)25/h10,13-16,27H,2-9H2,1H3/t13?,14?,15?,16?,17-,18-/m0/s1. The lowest BCUT2D eigenvalue weighted by molar-refractivity contribution is -0.363. The lowest BCUT2D eigenvalue weighted by Gasteiger charge is -2.56. The normalized spacial score (nSPS) is 45.0. The SMILES string of the molecule is C[C@]12CCC3C4CCC(=O)C=C4CCC3C1CC[C@@]2(O)C(F)(F)C(F)(F)F. The van der Waals surface area contributed by atoms with Gasteiger partial charge in [0, 0.05) is 11.8 Å². The van der Waals surface area contributed by atoms with Crippen LogP contribution in [-0.2, 0) is 4.79 Å². The summed E-state index contributed by atoms with van der Waals surface area (Å²) >= 11 is 0. The van der Waals surface area contributed by atoms with Crippen LogP contribution in [0.1, 0.15) is 58.3 Å². The molecule has 0 saturated heterocycles. The largest absolute Gasteiger partial charge is 0.456 e. The third-order valence-corrected chi connectivity index (χ3v) is 8.33. The summed E-state index contributed by atoms with van der Waals surface area (Å²) in [5.41, 5.74) is -3.37. The fraction of sp³-hybridized carbons (Fsp3) is 0.850. The van der Waals surface area contributed by atoms with E-state index >= 15 is 0 Å². The highest BCUT2D eigenvalue weighted by molar-refractivity contribution is 5.91. The third kappa shape index (κ3) is 2.42. The molecule has 0 aliphatic heterocycles. The third-order valence-electron chi connectivity index (χ3n) is 8.33. The molecular formula is C20H25F5O2. The maximum Gasteiger partial charge on any atom is 0.456 e. The highest BCUT2D eigenvalue weighted by atomic mass is 19.4. The van der Waals surface area contributed by atoms with Gasteiger partial charge in [0.2, 0.25) is 0 Å². The van der Waals surface area contributed by atoms with E-state index in [2.05, 4.69) is 0 Å². The average Bonchev–Trinajstić information content (AvgIpc) is 2.86. The number of halogens is 5. The molecule has 2 nitrogen and oxygen atoms in total. The fourth-order valence-corrected chi connectivity index (χ4v) is 6.95. The first-order valence-electron chi connectivity index (χ1n) is 9.82. The maximum absolute atomic E-state index is 14.4. The predicted octanol–water partition coefficient (Wildman–Crippen LogP) is 5.06. The van der Waals surface area contributed by atoms with Gasteiger partial charge in [-0.2, -0.15) is 22.0 Å². The number of hydrogen-bond donors (Lipinski definition) is 1. The molecule has 0 spiro atoms. The van der Waals surface area contributed by atoms with Crippen LogP contribution in [0.15, 0.2) is 11.6 Å². The Bertz CT molecular complexity index is 684. The molecule has 4 unspecified atom stereocenters. The number of aliphatic hydroxyl groups is 1. The molecule has 6 atom stereocenters. The number of ketones is 1. The van der Waals surface area contributed by atoms with Crippen molar-refractivity contribution < 1.29 is 31.9 Å². The van der Waals surface area contributed by atoms with Crippen molar-refractivity contribution in [3.63, 3.8) is 0 Å². The first kappa shape index (κ1) is 19.3. The van der Waals surface area contributed by atoms with Crippen molar-refractivity contribution in [3.05, 3.63) is 11.6 Å². The van der Waals surface area contributed by atoms with E-state index in [0.717, 1.165) is 12.0 Å². The molecule has 4 rings (SSSR count). The molecule has 0 aromatic rings. The van der Waals surface area contributed by atoms with Crippen LogP contribution in [0, 0.1) is 29.1 Å². The number of hydrogen-bond acceptors (Lipinski definition) is 2. The zero-order valence-corrected chi connectivity index (χ0v) is 15.3. The summed E-state index contributed by atoms with van der Waals surface area (Å²) in [6.07, 6.45) is -1.02. The van der Waals surface area contributed by atoms with E-state index in [1.165, 1.54) is 6.92 Å². The van der Waals surface area contributed by atoms with E-state index in [-0.39, 0.29) is 42.3 Å². The van der Waals surface area contributed by atoms with Crippen molar-refractivity contribution in [2.24, 2.45) is 29.1 Å². The van der Waals surface area contributed by atoms with Crippen molar-refractivity contribution in [2.45, 2.75) is 76.0 Å². The molecule has 0 radical (unpaired) electrons. The summed E-state index contributed by atoms with van der Waals surface area (Å²) in [4.78, 5) is 11.7. The minimum Gasteiger partial charge on any atom is -0.383 e. The maximum atomic E-state index is 14.4. The van der Waals surface area contributed by atoms with Gasteiger partial charge in [0.25, 0.3) is 0 Å². The van der Waals surface area contributed by atoms with Gasteiger partial charge < -0.3 is 5.11 Å². The highest BCUT2D eigenvalue weighted by Gasteiger charge is 2.78. The van der Waals surface area contributed by atoms with Gasteiger partial charge in [0.05, 0.1) is 0 Å². The Morgan fingerprint density at radius 1 is 1.00 bits per heavy atom. The molecule has 0 heterocycles. The zero-order valence-electron chi connectivity index (χ0n) is 15.3. The van der Waals surface area contributed by atoms with Crippen LogP contribution in [0.3, 0.4) is 0 Å². The summed E-state index contributed by atoms with van der Waals surface area (Å²) in [6, 6.07) is 0. The number of carbonyl (C=O) groups is 1. The van der Waals surface area contributed by atoms with Gasteiger partial charge in [-0.1, -0.05) is 12.5 Å². The molecule has 1 N–H and O–H groups in total. The number of carbonyl (C=O) groups excluding carboxylic acids is 1. The van der Waals surface area contributed by atoms with Gasteiger partial charge in [0.15, 0.2) is 5.78 Å². The molecule has 152 valence electrons. The van der Waals surface area contributed by atoms with Crippen molar-refractivity contribution in [2.75, 3.05) is 0 Å². The molecule has 0 aromatic carbocycles. The molecule has 0 amide bonds. The smallest absolute Gasteiger partial charge is 0.383 e. The summed E-state index contributed by atoms with van der Waals surface area (Å²) in [6.45, 7) is 1.44. The quantitative estimate of drug-likeness (QED) is 0.634. The van der Waals surface area contributed by atoms with Gasteiger partial charge in [-0.3, -0.25) is 4.79 Å². The minimum absolute atomic E-state index is 0.0390. The molecule has 3 fully saturated rings. The van der Waals surface area contributed by atoms with E-state index in [4.69, 9.17) is 0 Å². The monoisotopic (exact) mass is 392 g/mol. The van der Waals surface area contributed by atoms with Gasteiger partial charge in [-0.15, -0.1) is 0 Å². The van der Waals surface area contributed by atoms with Crippen LogP contribution in [0.5, 0.6) is 0 Å². The average molecular weight is 392 g/mol. The Kier molecular flexibility index (Phi) is 4.13. The van der Waals surface area contributed by atoms with Gasteiger partial charge in [-0.25, -0.2) is 0 Å². The van der Waals surface area contributed by atoms with E-state index < -0.39 is 29.5 Å². The summed E-state index contributed by atoms with van der Waals surface area (Å²) in [7, 11) is 0. The second kappa shape index (κ2) is 5.77. The van der Waals surface area contributed by atoms with Crippen molar-refractivity contribution in [3.8, 4) is 0 Å². The predicted molar refractivity (Wildman–Crippen MR) is 88.0 cm³/mol. The van der Waals surface area contributed by atoms with Crippen LogP contribution in [0.25, 0.3) is 0 Å². The molecule has 4 aliphatic carbocycles. The topological polar surface area (TPSA) is 37.3 Å². The first-order chi connectivity index (χ1) is 12.4. The van der Waals surface area contributed by atoms with Gasteiger partial charge >= 0.3 is 12.1 Å². The lowest BCUT2D eigenvalue weighted by atomic mass is 9.50. The minimum atomic E-state index is -5.76. The van der Waals surface area contributed by atoms with E-state index in [9.17, 15) is 31.9 Å². The number of alkyl halides is 5. The Morgan fingerprint density at radius 2 is 1.70 bits per heavy atom. The van der Waals surface area contributed by atoms with Crippen LogP contribution in [0.4, 0.5) is 22.0 Å². The van der Waals surface area contributed by atoms with E-state index in [1.807, 2.05) is 0 Å². The first-order valence-corrected chi connectivity index (χ1v) is 9.82. The molecule has 4 aliphatic rings.